The van der Waals surface area contributed by atoms with Gasteiger partial charge in [-0.3, -0.25) is 4.79 Å². The second kappa shape index (κ2) is 6.18. The van der Waals surface area contributed by atoms with E-state index in [9.17, 15) is 9.18 Å². The van der Waals surface area contributed by atoms with Crippen molar-refractivity contribution < 1.29 is 9.18 Å². The topological polar surface area (TPSA) is 17.1 Å². The van der Waals surface area contributed by atoms with E-state index in [0.717, 1.165) is 5.56 Å². The van der Waals surface area contributed by atoms with Crippen LogP contribution in [0.15, 0.2) is 42.5 Å². The van der Waals surface area contributed by atoms with E-state index >= 15 is 0 Å². The van der Waals surface area contributed by atoms with Gasteiger partial charge in [0.25, 0.3) is 0 Å². The predicted octanol–water partition coefficient (Wildman–Crippen LogP) is 4.95. The maximum Gasteiger partial charge on any atom is 0.164 e. The number of carbonyl (C=O) groups is 1. The molecule has 1 nitrogen and oxygen atoms in total. The van der Waals surface area contributed by atoms with Crippen molar-refractivity contribution in [1.82, 2.24) is 0 Å². The van der Waals surface area contributed by atoms with Crippen LogP contribution in [0, 0.1) is 5.82 Å². The monoisotopic (exact) mass is 296 g/mol. The third-order valence-electron chi connectivity index (χ3n) is 2.79. The Morgan fingerprint density at radius 1 is 1.05 bits per heavy atom. The molecule has 0 fully saturated rings. The van der Waals surface area contributed by atoms with E-state index in [0.29, 0.717) is 28.5 Å². The summed E-state index contributed by atoms with van der Waals surface area (Å²) < 4.78 is 12.7. The Morgan fingerprint density at radius 3 is 2.37 bits per heavy atom. The number of hydrogen-bond acceptors (Lipinski definition) is 1. The summed E-state index contributed by atoms with van der Waals surface area (Å²) in [5, 5.41) is 0.858. The highest BCUT2D eigenvalue weighted by Gasteiger charge is 2.10. The lowest BCUT2D eigenvalue weighted by atomic mass is 10.0. The molecule has 0 aliphatic carbocycles. The van der Waals surface area contributed by atoms with Crippen molar-refractivity contribution in [3.63, 3.8) is 0 Å². The summed E-state index contributed by atoms with van der Waals surface area (Å²) in [5.74, 6) is -0.332. The van der Waals surface area contributed by atoms with Gasteiger partial charge >= 0.3 is 0 Å². The second-order valence-corrected chi connectivity index (χ2v) is 5.02. The van der Waals surface area contributed by atoms with Crippen LogP contribution in [0.5, 0.6) is 0 Å². The van der Waals surface area contributed by atoms with Gasteiger partial charge in [0.05, 0.1) is 5.02 Å². The van der Waals surface area contributed by atoms with Crippen molar-refractivity contribution in [2.45, 2.75) is 12.8 Å². The number of carbonyl (C=O) groups excluding carboxylic acids is 1. The van der Waals surface area contributed by atoms with Crippen molar-refractivity contribution in [3.05, 3.63) is 69.5 Å². The number of benzene rings is 2. The molecule has 0 radical (unpaired) electrons. The van der Waals surface area contributed by atoms with E-state index in [1.165, 1.54) is 12.1 Å². The van der Waals surface area contributed by atoms with Crippen molar-refractivity contribution >= 4 is 29.0 Å². The van der Waals surface area contributed by atoms with Crippen LogP contribution in [0.25, 0.3) is 0 Å². The van der Waals surface area contributed by atoms with Crippen LogP contribution in [0.2, 0.25) is 10.0 Å². The molecule has 0 amide bonds. The third kappa shape index (κ3) is 3.79. The van der Waals surface area contributed by atoms with Gasteiger partial charge in [0.1, 0.15) is 5.82 Å². The van der Waals surface area contributed by atoms with Crippen LogP contribution in [0.3, 0.4) is 0 Å². The van der Waals surface area contributed by atoms with Gasteiger partial charge in [-0.15, -0.1) is 0 Å². The standard InChI is InChI=1S/C15H11Cl2FO/c16-11-4-7-13(14(17)9-11)15(19)8-3-10-1-5-12(18)6-2-10/h1-2,4-7,9H,3,8H2. The van der Waals surface area contributed by atoms with Crippen LogP contribution >= 0.6 is 23.2 Å². The first kappa shape index (κ1) is 14.0. The molecule has 0 bridgehead atoms. The van der Waals surface area contributed by atoms with Gasteiger partial charge in [0.2, 0.25) is 0 Å². The Bertz CT molecular complexity index is 594. The molecule has 0 aliphatic heterocycles. The van der Waals surface area contributed by atoms with Crippen LogP contribution in [0.1, 0.15) is 22.3 Å². The zero-order valence-corrected chi connectivity index (χ0v) is 11.5. The molecule has 0 atom stereocenters. The molecule has 4 heteroatoms. The van der Waals surface area contributed by atoms with Crippen molar-refractivity contribution in [2.75, 3.05) is 0 Å². The Balaban J connectivity index is 2.03. The number of rotatable bonds is 4. The molecule has 19 heavy (non-hydrogen) atoms. The molecule has 0 spiro atoms. The van der Waals surface area contributed by atoms with Crippen molar-refractivity contribution in [3.8, 4) is 0 Å². The highest BCUT2D eigenvalue weighted by Crippen LogP contribution is 2.22. The molecule has 0 saturated heterocycles. The molecule has 2 rings (SSSR count). The summed E-state index contributed by atoms with van der Waals surface area (Å²) in [5.41, 5.74) is 1.38. The van der Waals surface area contributed by atoms with E-state index in [1.54, 1.807) is 30.3 Å². The summed E-state index contributed by atoms with van der Waals surface area (Å²) in [4.78, 5) is 12.0. The second-order valence-electron chi connectivity index (χ2n) is 4.17. The average molecular weight is 297 g/mol. The first-order valence-corrected chi connectivity index (χ1v) is 6.54. The van der Waals surface area contributed by atoms with Crippen LogP contribution in [-0.4, -0.2) is 5.78 Å². The number of ketones is 1. The molecule has 0 saturated carbocycles. The number of Topliss-reactive ketones (excluding diaryl/α,β-unsaturated/α-hetero) is 1. The van der Waals surface area contributed by atoms with Gasteiger partial charge in [-0.2, -0.15) is 0 Å². The number of aryl methyl sites for hydroxylation is 1. The Morgan fingerprint density at radius 2 is 1.74 bits per heavy atom. The van der Waals surface area contributed by atoms with Crippen molar-refractivity contribution in [1.29, 1.82) is 0 Å². The van der Waals surface area contributed by atoms with Crippen molar-refractivity contribution in [2.24, 2.45) is 0 Å². The maximum atomic E-state index is 12.7. The fourth-order valence-corrected chi connectivity index (χ4v) is 2.27. The maximum absolute atomic E-state index is 12.7. The molecule has 0 unspecified atom stereocenters. The van der Waals surface area contributed by atoms with Gasteiger partial charge in [-0.1, -0.05) is 35.3 Å². The lowest BCUT2D eigenvalue weighted by molar-refractivity contribution is 0.0983. The van der Waals surface area contributed by atoms with Crippen LogP contribution in [0.4, 0.5) is 4.39 Å². The summed E-state index contributed by atoms with van der Waals surface area (Å²) in [6, 6.07) is 10.9. The Labute approximate surface area is 121 Å². The normalized spacial score (nSPS) is 10.5. The van der Waals surface area contributed by atoms with E-state index in [4.69, 9.17) is 23.2 Å². The quantitative estimate of drug-likeness (QED) is 0.730. The molecule has 0 N–H and O–H groups in total. The summed E-state index contributed by atoms with van der Waals surface area (Å²) >= 11 is 11.8. The summed E-state index contributed by atoms with van der Waals surface area (Å²) in [6.45, 7) is 0. The molecule has 2 aromatic rings. The lowest BCUT2D eigenvalue weighted by Gasteiger charge is -2.04. The van der Waals surface area contributed by atoms with Gasteiger partial charge in [-0.25, -0.2) is 4.39 Å². The molecule has 0 aromatic heterocycles. The third-order valence-corrected chi connectivity index (χ3v) is 3.33. The van der Waals surface area contributed by atoms with E-state index < -0.39 is 0 Å². The van der Waals surface area contributed by atoms with Gasteiger partial charge in [0.15, 0.2) is 5.78 Å². The van der Waals surface area contributed by atoms with Gasteiger partial charge in [-0.05, 0) is 42.3 Å². The summed E-state index contributed by atoms with van der Waals surface area (Å²) in [7, 11) is 0. The van der Waals surface area contributed by atoms with E-state index in [-0.39, 0.29) is 11.6 Å². The minimum Gasteiger partial charge on any atom is -0.294 e. The highest BCUT2D eigenvalue weighted by molar-refractivity contribution is 6.36. The molecular formula is C15H11Cl2FO. The minimum absolute atomic E-state index is 0.0500. The van der Waals surface area contributed by atoms with Crippen LogP contribution < -0.4 is 0 Å². The predicted molar refractivity (Wildman–Crippen MR) is 75.5 cm³/mol. The summed E-state index contributed by atoms with van der Waals surface area (Å²) in [6.07, 6.45) is 0.880. The Hall–Kier alpha value is -1.38. The fourth-order valence-electron chi connectivity index (χ4n) is 1.76. The molecule has 98 valence electrons. The first-order chi connectivity index (χ1) is 9.06. The first-order valence-electron chi connectivity index (χ1n) is 5.79. The fraction of sp³-hybridized carbons (Fsp3) is 0.133. The highest BCUT2D eigenvalue weighted by atomic mass is 35.5. The number of hydrogen-bond donors (Lipinski definition) is 0. The smallest absolute Gasteiger partial charge is 0.164 e. The molecular weight excluding hydrogens is 286 g/mol. The Kier molecular flexibility index (Phi) is 4.56. The average Bonchev–Trinajstić information content (AvgIpc) is 2.37. The largest absolute Gasteiger partial charge is 0.294 e. The lowest BCUT2D eigenvalue weighted by Crippen LogP contribution is -2.02. The zero-order chi connectivity index (χ0) is 13.8. The van der Waals surface area contributed by atoms with E-state index in [2.05, 4.69) is 0 Å². The SMILES string of the molecule is O=C(CCc1ccc(F)cc1)c1ccc(Cl)cc1Cl. The van der Waals surface area contributed by atoms with Gasteiger partial charge in [0, 0.05) is 17.0 Å². The molecule has 0 aliphatic rings. The minimum atomic E-state index is -0.282. The number of halogens is 3. The van der Waals surface area contributed by atoms with E-state index in [1.807, 2.05) is 0 Å². The van der Waals surface area contributed by atoms with Crippen LogP contribution in [-0.2, 0) is 6.42 Å². The van der Waals surface area contributed by atoms with Gasteiger partial charge < -0.3 is 0 Å². The zero-order valence-electron chi connectivity index (χ0n) is 10.00. The molecule has 0 heterocycles. The molecule has 2 aromatic carbocycles.